The lowest BCUT2D eigenvalue weighted by Crippen LogP contribution is -2.92. The Hall–Kier alpha value is -3.07. The number of aliphatic hydroxyl groups is 3. The van der Waals surface area contributed by atoms with Crippen LogP contribution in [0.25, 0.3) is 0 Å². The molecule has 1 spiro atoms. The zero-order chi connectivity index (χ0) is 36.2. The van der Waals surface area contributed by atoms with E-state index in [1.54, 1.807) is 39.8 Å². The molecule has 13 nitrogen and oxygen atoms in total. The Balaban J connectivity index is 1.46. The molecule has 272 valence electrons. The summed E-state index contributed by atoms with van der Waals surface area (Å²) >= 11 is 0. The molecule has 0 radical (unpaired) electrons. The lowest BCUT2D eigenvalue weighted by molar-refractivity contribution is -0.457. The van der Waals surface area contributed by atoms with Gasteiger partial charge in [0.05, 0.1) is 19.6 Å². The molecular formula is C37H46O13. The van der Waals surface area contributed by atoms with Gasteiger partial charge in [-0.15, -0.1) is 0 Å². The van der Waals surface area contributed by atoms with Crippen LogP contribution in [-0.2, 0) is 42.8 Å². The van der Waals surface area contributed by atoms with Gasteiger partial charge in [-0.3, -0.25) is 0 Å². The molecule has 8 rings (SSSR count). The van der Waals surface area contributed by atoms with E-state index in [2.05, 4.69) is 0 Å². The first-order valence-corrected chi connectivity index (χ1v) is 17.5. The first-order valence-electron chi connectivity index (χ1n) is 17.5. The van der Waals surface area contributed by atoms with E-state index in [-0.39, 0.29) is 18.4 Å². The van der Waals surface area contributed by atoms with Crippen molar-refractivity contribution in [2.75, 3.05) is 7.11 Å². The molecule has 50 heavy (non-hydrogen) atoms. The van der Waals surface area contributed by atoms with Crippen molar-refractivity contribution in [2.45, 2.75) is 127 Å². The molecule has 4 saturated carbocycles. The van der Waals surface area contributed by atoms with Gasteiger partial charge in [-0.25, -0.2) is 14.4 Å². The molecule has 1 aromatic heterocycles. The van der Waals surface area contributed by atoms with E-state index in [1.165, 1.54) is 18.6 Å². The van der Waals surface area contributed by atoms with E-state index in [1.807, 2.05) is 20.8 Å². The predicted molar refractivity (Wildman–Crippen MR) is 169 cm³/mol. The molecule has 13 heteroatoms. The second kappa shape index (κ2) is 9.87. The fraction of sp³-hybridized carbons (Fsp3) is 0.703. The summed E-state index contributed by atoms with van der Waals surface area (Å²) in [6.07, 6.45) is 1.14. The Bertz CT molecular complexity index is 1750. The molecule has 6 fully saturated rings. The third-order valence-corrected chi connectivity index (χ3v) is 14.5. The average molecular weight is 699 g/mol. The highest BCUT2D eigenvalue weighted by Gasteiger charge is 3.03. The second-order valence-corrected chi connectivity index (χ2v) is 16.3. The van der Waals surface area contributed by atoms with Gasteiger partial charge in [-0.05, 0) is 51.2 Å². The highest BCUT2D eigenvalue weighted by atomic mass is 17.0. The summed E-state index contributed by atoms with van der Waals surface area (Å²) < 4.78 is 44.0. The SMILES string of the molecule is C/C=C(\C)C(=O)O[C@H]1[C@]2(C)C[C@]3(O)[C@@]1(O)[C@H]1OC4(C(C)CC)O[C@@]5(CC[C@]6(C)C(=CC(=O)O[C@H]6c6ccoc6)[C@@]15O4)[C@]3(C)[C@H]2[C@@H](O)C(=O)OC. The van der Waals surface area contributed by atoms with Crippen molar-refractivity contribution in [1.29, 1.82) is 0 Å². The van der Waals surface area contributed by atoms with Gasteiger partial charge in [0.15, 0.2) is 17.3 Å². The minimum Gasteiger partial charge on any atom is -0.472 e. The Morgan fingerprint density at radius 3 is 2.50 bits per heavy atom. The van der Waals surface area contributed by atoms with Crippen molar-refractivity contribution in [2.24, 2.45) is 28.1 Å². The average Bonchev–Trinajstić information content (AvgIpc) is 3.87. The Kier molecular flexibility index (Phi) is 6.72. The van der Waals surface area contributed by atoms with Crippen LogP contribution in [0.4, 0.5) is 0 Å². The van der Waals surface area contributed by atoms with Crippen LogP contribution in [0.3, 0.4) is 0 Å². The van der Waals surface area contributed by atoms with Gasteiger partial charge < -0.3 is 48.2 Å². The summed E-state index contributed by atoms with van der Waals surface area (Å²) in [6.45, 7) is 12.4. The fourth-order valence-electron chi connectivity index (χ4n) is 12.1. The number of rotatable bonds is 7. The molecule has 3 N–H and O–H groups in total. The Morgan fingerprint density at radius 2 is 1.88 bits per heavy atom. The smallest absolute Gasteiger partial charge is 0.335 e. The zero-order valence-electron chi connectivity index (χ0n) is 29.6. The van der Waals surface area contributed by atoms with Crippen molar-refractivity contribution >= 4 is 17.9 Å². The molecule has 0 aromatic carbocycles. The Morgan fingerprint density at radius 1 is 1.16 bits per heavy atom. The molecule has 2 saturated heterocycles. The third kappa shape index (κ3) is 3.23. The third-order valence-electron chi connectivity index (χ3n) is 14.5. The van der Waals surface area contributed by atoms with E-state index >= 15 is 0 Å². The molecule has 3 aliphatic heterocycles. The summed E-state index contributed by atoms with van der Waals surface area (Å²) in [6, 6.07) is 1.72. The van der Waals surface area contributed by atoms with E-state index < -0.39 is 98.8 Å². The van der Waals surface area contributed by atoms with Crippen LogP contribution < -0.4 is 0 Å². The largest absolute Gasteiger partial charge is 0.472 e. The number of aliphatic hydroxyl groups excluding tert-OH is 1. The first-order chi connectivity index (χ1) is 23.4. The number of furan rings is 1. The zero-order valence-corrected chi connectivity index (χ0v) is 29.6. The van der Waals surface area contributed by atoms with E-state index in [9.17, 15) is 29.7 Å². The fourth-order valence-corrected chi connectivity index (χ4v) is 12.1. The van der Waals surface area contributed by atoms with Crippen molar-refractivity contribution in [3.05, 3.63) is 47.5 Å². The summed E-state index contributed by atoms with van der Waals surface area (Å²) in [5.41, 5.74) is -10.8. The number of ether oxygens (including phenoxy) is 6. The second-order valence-electron chi connectivity index (χ2n) is 16.3. The van der Waals surface area contributed by atoms with Crippen LogP contribution >= 0.6 is 0 Å². The van der Waals surface area contributed by atoms with Crippen LogP contribution in [0.5, 0.6) is 0 Å². The molecule has 4 heterocycles. The number of esters is 3. The van der Waals surface area contributed by atoms with Gasteiger partial charge in [0.25, 0.3) is 5.97 Å². The molecule has 0 amide bonds. The minimum absolute atomic E-state index is 0.183. The van der Waals surface area contributed by atoms with Crippen molar-refractivity contribution < 1.29 is 62.5 Å². The number of allylic oxidation sites excluding steroid dienone is 1. The van der Waals surface area contributed by atoms with Crippen LogP contribution in [0.15, 0.2) is 46.3 Å². The van der Waals surface area contributed by atoms with Gasteiger partial charge in [0.1, 0.15) is 29.5 Å². The van der Waals surface area contributed by atoms with Gasteiger partial charge in [-0.2, -0.15) is 0 Å². The maximum atomic E-state index is 13.7. The molecule has 2 unspecified atom stereocenters. The van der Waals surface area contributed by atoms with Gasteiger partial charge in [0, 0.05) is 45.3 Å². The maximum Gasteiger partial charge on any atom is 0.335 e. The number of fused-ring (bicyclic) bond motifs is 4. The first kappa shape index (κ1) is 34.0. The molecule has 14 atom stereocenters. The quantitative estimate of drug-likeness (QED) is 0.215. The highest BCUT2D eigenvalue weighted by Crippen LogP contribution is 2.88. The topological polar surface area (TPSA) is 180 Å². The molecular weight excluding hydrogens is 652 g/mol. The summed E-state index contributed by atoms with van der Waals surface area (Å²) in [4.78, 5) is 40.7. The van der Waals surface area contributed by atoms with Crippen LogP contribution in [-0.4, -0.2) is 87.0 Å². The summed E-state index contributed by atoms with van der Waals surface area (Å²) in [5, 5.41) is 39.0. The summed E-state index contributed by atoms with van der Waals surface area (Å²) in [5.74, 6) is -5.83. The maximum absolute atomic E-state index is 13.7. The number of cyclic esters (lactones) is 1. The van der Waals surface area contributed by atoms with Crippen LogP contribution in [0.1, 0.15) is 85.8 Å². The molecule has 4 aliphatic carbocycles. The lowest BCUT2D eigenvalue weighted by atomic mass is 9.34. The van der Waals surface area contributed by atoms with Crippen molar-refractivity contribution in [1.82, 2.24) is 0 Å². The van der Waals surface area contributed by atoms with Crippen LogP contribution in [0.2, 0.25) is 0 Å². The van der Waals surface area contributed by atoms with E-state index in [0.717, 1.165) is 7.11 Å². The normalized spacial score (nSPS) is 50.6. The standard InChI is InChI=1S/C37H46O13/c1-9-18(3)26(40)47-28-31(6)17-33(42)32(7,24(31)23(39)27(41)44-8)34-13-12-30(5)21(15-22(38)46-25(30)20-11-14-45-16-20)36(34)29(35(28,33)43)48-37(49-34,50-36)19(4)10-2/h9,11,14-16,19,23-25,28-29,39,42-43H,10,12-13,17H2,1-8H3/b18-9+/t19?,23-,24+,25+,28+,29-,30-,31-,32-,33-,34+,35+,36-,37?/m1/s1. The highest BCUT2D eigenvalue weighted by molar-refractivity contribution is 5.88. The van der Waals surface area contributed by atoms with Crippen molar-refractivity contribution in [3.63, 3.8) is 0 Å². The van der Waals surface area contributed by atoms with E-state index in [0.29, 0.717) is 24.0 Å². The van der Waals surface area contributed by atoms with Crippen molar-refractivity contribution in [3.8, 4) is 0 Å². The monoisotopic (exact) mass is 698 g/mol. The number of methoxy groups -OCH3 is 1. The van der Waals surface area contributed by atoms with Gasteiger partial charge >= 0.3 is 17.9 Å². The van der Waals surface area contributed by atoms with Gasteiger partial charge in [-0.1, -0.05) is 40.7 Å². The lowest BCUT2D eigenvalue weighted by Gasteiger charge is -2.75. The Labute approximate surface area is 289 Å². The number of hydrogen-bond acceptors (Lipinski definition) is 13. The molecule has 1 aromatic rings. The number of carbonyl (C=O) groups is 3. The van der Waals surface area contributed by atoms with Crippen LogP contribution in [0, 0.1) is 28.1 Å². The number of hydrogen-bond donors (Lipinski definition) is 3. The predicted octanol–water partition coefficient (Wildman–Crippen LogP) is 3.16. The summed E-state index contributed by atoms with van der Waals surface area (Å²) in [7, 11) is 1.15. The molecule has 7 aliphatic rings. The van der Waals surface area contributed by atoms with E-state index in [4.69, 9.17) is 32.8 Å². The van der Waals surface area contributed by atoms with Gasteiger partial charge in [0.2, 0.25) is 0 Å². The number of carbonyl (C=O) groups excluding carboxylic acids is 3. The molecule has 4 bridgehead atoms. The minimum atomic E-state index is -2.40.